The lowest BCUT2D eigenvalue weighted by Crippen LogP contribution is -2.17. The van der Waals surface area contributed by atoms with Gasteiger partial charge in [-0.25, -0.2) is 5.43 Å². The molecule has 1 amide bonds. The average molecular weight is 390 g/mol. The molecule has 27 heavy (non-hydrogen) atoms. The minimum absolute atomic E-state index is 0.0584. The van der Waals surface area contributed by atoms with E-state index in [0.29, 0.717) is 16.2 Å². The summed E-state index contributed by atoms with van der Waals surface area (Å²) in [4.78, 5) is 33.1. The van der Waals surface area contributed by atoms with Crippen molar-refractivity contribution in [2.45, 2.75) is 4.90 Å². The Balaban J connectivity index is 2.10. The van der Waals surface area contributed by atoms with Crippen molar-refractivity contribution in [2.75, 3.05) is 12.4 Å². The van der Waals surface area contributed by atoms with Crippen LogP contribution in [0.25, 0.3) is 0 Å². The van der Waals surface area contributed by atoms with Gasteiger partial charge in [-0.2, -0.15) is 5.10 Å². The largest absolute Gasteiger partial charge is 0.396 e. The van der Waals surface area contributed by atoms with Crippen LogP contribution in [0.2, 0.25) is 0 Å². The maximum atomic E-state index is 12.0. The van der Waals surface area contributed by atoms with E-state index in [1.807, 2.05) is 0 Å². The number of carbonyl (C=O) groups is 1. The van der Waals surface area contributed by atoms with E-state index >= 15 is 0 Å². The first-order valence-electron chi connectivity index (χ1n) is 7.52. The van der Waals surface area contributed by atoms with Gasteiger partial charge in [-0.3, -0.25) is 25.0 Å². The van der Waals surface area contributed by atoms with Gasteiger partial charge >= 0.3 is 0 Å². The Bertz CT molecular complexity index is 902. The van der Waals surface area contributed by atoms with Crippen LogP contribution in [-0.2, 0) is 0 Å². The monoisotopic (exact) mass is 390 g/mol. The number of aliphatic hydroxyl groups excluding tert-OH is 1. The van der Waals surface area contributed by atoms with Crippen LogP contribution in [0.4, 0.5) is 11.4 Å². The number of nitro benzene ring substituents is 2. The molecule has 0 aliphatic heterocycles. The second-order valence-corrected chi connectivity index (χ2v) is 6.20. The van der Waals surface area contributed by atoms with Crippen molar-refractivity contribution >= 4 is 35.3 Å². The molecule has 0 fully saturated rings. The van der Waals surface area contributed by atoms with Gasteiger partial charge in [0.2, 0.25) is 0 Å². The van der Waals surface area contributed by atoms with Gasteiger partial charge in [-0.15, -0.1) is 11.8 Å². The number of nitrogens with one attached hydrogen (secondary N) is 1. The lowest BCUT2D eigenvalue weighted by atomic mass is 10.2. The number of thioether (sulfide) groups is 1. The molecular weight excluding hydrogens is 376 g/mol. The molecule has 0 heterocycles. The number of rotatable bonds is 8. The van der Waals surface area contributed by atoms with E-state index in [0.717, 1.165) is 17.8 Å². The highest BCUT2D eigenvalue weighted by Gasteiger charge is 2.14. The Kier molecular flexibility index (Phi) is 6.97. The van der Waals surface area contributed by atoms with E-state index in [1.165, 1.54) is 36.5 Å². The number of benzene rings is 2. The van der Waals surface area contributed by atoms with Crippen LogP contribution in [0, 0.1) is 20.2 Å². The highest BCUT2D eigenvalue weighted by Crippen LogP contribution is 2.29. The van der Waals surface area contributed by atoms with Gasteiger partial charge in [-0.1, -0.05) is 12.1 Å². The molecule has 2 aromatic rings. The van der Waals surface area contributed by atoms with Gasteiger partial charge in [0.15, 0.2) is 0 Å². The summed E-state index contributed by atoms with van der Waals surface area (Å²) in [5, 5.41) is 34.4. The van der Waals surface area contributed by atoms with Gasteiger partial charge < -0.3 is 5.11 Å². The van der Waals surface area contributed by atoms with Gasteiger partial charge in [0.05, 0.1) is 27.6 Å². The van der Waals surface area contributed by atoms with Crippen LogP contribution in [0.15, 0.2) is 52.5 Å². The molecule has 0 aliphatic carbocycles. The first-order valence-corrected chi connectivity index (χ1v) is 8.51. The molecule has 2 rings (SSSR count). The lowest BCUT2D eigenvalue weighted by Gasteiger charge is -2.03. The minimum atomic E-state index is -0.653. The SMILES string of the molecule is O=C(NN=Cc1ccc(SCCO)c([N+](=O)[O-])c1)c1cccc([N+](=O)[O-])c1. The topological polar surface area (TPSA) is 148 Å². The van der Waals surface area contributed by atoms with Crippen LogP contribution >= 0.6 is 11.8 Å². The van der Waals surface area contributed by atoms with Crippen LogP contribution in [0.3, 0.4) is 0 Å². The summed E-state index contributed by atoms with van der Waals surface area (Å²) in [5.41, 5.74) is 2.29. The first-order chi connectivity index (χ1) is 12.9. The quantitative estimate of drug-likeness (QED) is 0.304. The van der Waals surface area contributed by atoms with E-state index in [4.69, 9.17) is 5.11 Å². The molecule has 0 saturated carbocycles. The van der Waals surface area contributed by atoms with E-state index < -0.39 is 15.8 Å². The predicted octanol–water partition coefficient (Wildman–Crippen LogP) is 2.35. The fourth-order valence-corrected chi connectivity index (χ4v) is 2.78. The van der Waals surface area contributed by atoms with Crippen molar-refractivity contribution < 1.29 is 19.7 Å². The average Bonchev–Trinajstić information content (AvgIpc) is 2.66. The molecule has 11 heteroatoms. The summed E-state index contributed by atoms with van der Waals surface area (Å²) in [6, 6.07) is 9.55. The van der Waals surface area contributed by atoms with Crippen LogP contribution in [0.1, 0.15) is 15.9 Å². The number of amides is 1. The zero-order valence-corrected chi connectivity index (χ0v) is 14.6. The molecule has 0 aromatic heterocycles. The number of hydrogen-bond acceptors (Lipinski definition) is 8. The molecule has 10 nitrogen and oxygen atoms in total. The van der Waals surface area contributed by atoms with E-state index in [9.17, 15) is 25.0 Å². The highest BCUT2D eigenvalue weighted by molar-refractivity contribution is 7.99. The molecule has 0 saturated heterocycles. The van der Waals surface area contributed by atoms with Crippen LogP contribution in [0.5, 0.6) is 0 Å². The summed E-state index contributed by atoms with van der Waals surface area (Å²) in [7, 11) is 0. The fourth-order valence-electron chi connectivity index (χ4n) is 2.03. The second-order valence-electron chi connectivity index (χ2n) is 5.06. The molecular formula is C16H14N4O6S. The molecule has 0 radical (unpaired) electrons. The first kappa shape index (κ1) is 20.0. The third-order valence-electron chi connectivity index (χ3n) is 3.23. The number of aliphatic hydroxyl groups is 1. The normalized spacial score (nSPS) is 10.7. The maximum absolute atomic E-state index is 12.0. The summed E-state index contributed by atoms with van der Waals surface area (Å²) in [6.45, 7) is -0.102. The van der Waals surface area contributed by atoms with E-state index in [-0.39, 0.29) is 23.5 Å². The number of nitrogens with zero attached hydrogens (tertiary/aromatic N) is 3. The Morgan fingerprint density at radius 3 is 2.63 bits per heavy atom. The molecule has 0 unspecified atom stereocenters. The summed E-state index contributed by atoms with van der Waals surface area (Å²) in [6.07, 6.45) is 1.22. The van der Waals surface area contributed by atoms with Crippen molar-refractivity contribution in [1.82, 2.24) is 5.43 Å². The minimum Gasteiger partial charge on any atom is -0.396 e. The van der Waals surface area contributed by atoms with Crippen molar-refractivity contribution in [2.24, 2.45) is 5.10 Å². The van der Waals surface area contributed by atoms with Gasteiger partial charge in [0.25, 0.3) is 17.3 Å². The number of carbonyl (C=O) groups excluding carboxylic acids is 1. The number of hydrazone groups is 1. The van der Waals surface area contributed by atoms with Crippen molar-refractivity contribution in [3.05, 3.63) is 73.8 Å². The maximum Gasteiger partial charge on any atom is 0.283 e. The molecule has 0 bridgehead atoms. The summed E-state index contributed by atoms with van der Waals surface area (Å²) in [5.74, 6) is -0.326. The molecule has 2 N–H and O–H groups in total. The Labute approximate surface area is 157 Å². The molecule has 0 atom stereocenters. The molecule has 0 spiro atoms. The van der Waals surface area contributed by atoms with E-state index in [1.54, 1.807) is 6.07 Å². The molecule has 0 aliphatic rings. The number of hydrogen-bond donors (Lipinski definition) is 2. The number of nitro groups is 2. The van der Waals surface area contributed by atoms with Crippen molar-refractivity contribution in [3.63, 3.8) is 0 Å². The number of non-ortho nitro benzene ring substituents is 1. The smallest absolute Gasteiger partial charge is 0.283 e. The lowest BCUT2D eigenvalue weighted by molar-refractivity contribution is -0.387. The van der Waals surface area contributed by atoms with Crippen LogP contribution in [-0.4, -0.2) is 39.4 Å². The van der Waals surface area contributed by atoms with Crippen molar-refractivity contribution in [1.29, 1.82) is 0 Å². The van der Waals surface area contributed by atoms with Gasteiger partial charge in [-0.05, 0) is 12.1 Å². The summed E-state index contributed by atoms with van der Waals surface area (Å²) < 4.78 is 0. The van der Waals surface area contributed by atoms with E-state index in [2.05, 4.69) is 10.5 Å². The second kappa shape index (κ2) is 9.40. The molecule has 2 aromatic carbocycles. The highest BCUT2D eigenvalue weighted by atomic mass is 32.2. The third kappa shape index (κ3) is 5.59. The Morgan fingerprint density at radius 1 is 1.19 bits per heavy atom. The predicted molar refractivity (Wildman–Crippen MR) is 99.1 cm³/mol. The zero-order valence-electron chi connectivity index (χ0n) is 13.8. The van der Waals surface area contributed by atoms with Crippen LogP contribution < -0.4 is 5.43 Å². The Morgan fingerprint density at radius 2 is 1.96 bits per heavy atom. The fraction of sp³-hybridized carbons (Fsp3) is 0.125. The summed E-state index contributed by atoms with van der Waals surface area (Å²) >= 11 is 1.15. The van der Waals surface area contributed by atoms with Crippen molar-refractivity contribution in [3.8, 4) is 0 Å². The third-order valence-corrected chi connectivity index (χ3v) is 4.27. The van der Waals surface area contributed by atoms with Gasteiger partial charge in [0.1, 0.15) is 0 Å². The Hall–Kier alpha value is -3.31. The standard InChI is InChI=1S/C16H14N4O6S/c21-6-7-27-15-5-4-11(8-14(15)20(25)26)10-17-18-16(22)12-2-1-3-13(9-12)19(23)24/h1-5,8-10,21H,6-7H2,(H,18,22). The van der Waals surface area contributed by atoms with Gasteiger partial charge in [0, 0.05) is 35.1 Å². The zero-order chi connectivity index (χ0) is 19.8. The molecule has 140 valence electrons.